The van der Waals surface area contributed by atoms with Gasteiger partial charge < -0.3 is 9.88 Å². The van der Waals surface area contributed by atoms with Gasteiger partial charge in [0.1, 0.15) is 0 Å². The molecule has 1 aliphatic heterocycles. The number of carbonyl (C=O) groups is 1. The molecule has 0 bridgehead atoms. The van der Waals surface area contributed by atoms with E-state index in [1.165, 1.54) is 16.6 Å². The van der Waals surface area contributed by atoms with E-state index < -0.39 is 0 Å². The standard InChI is InChI=1S/C25H20Cl2N2O/c26-17-9-10-18(21(27)15-17)19-7-4-8-23-24(19)20-11-13-29(14-12-22(20)28-23)25(30)16-5-2-1-3-6-16/h1-10,15,28H,11-14H2. The van der Waals surface area contributed by atoms with E-state index in [-0.39, 0.29) is 5.91 Å². The SMILES string of the molecule is O=C(c1ccccc1)N1CCc2[nH]c3cccc(-c4ccc(Cl)cc4Cl)c3c2CC1. The number of aromatic amines is 1. The highest BCUT2D eigenvalue weighted by Gasteiger charge is 2.24. The summed E-state index contributed by atoms with van der Waals surface area (Å²) < 4.78 is 0. The summed E-state index contributed by atoms with van der Waals surface area (Å²) >= 11 is 12.6. The van der Waals surface area contributed by atoms with E-state index in [2.05, 4.69) is 17.1 Å². The molecule has 1 N–H and O–H groups in total. The van der Waals surface area contributed by atoms with Crippen molar-refractivity contribution in [2.45, 2.75) is 12.8 Å². The Labute approximate surface area is 185 Å². The zero-order valence-electron chi connectivity index (χ0n) is 16.3. The third-order valence-corrected chi connectivity index (χ3v) is 6.36. The quantitative estimate of drug-likeness (QED) is 0.390. The van der Waals surface area contributed by atoms with Crippen LogP contribution in [0.4, 0.5) is 0 Å². The minimum absolute atomic E-state index is 0.0889. The highest BCUT2D eigenvalue weighted by atomic mass is 35.5. The van der Waals surface area contributed by atoms with Crippen molar-refractivity contribution >= 4 is 40.0 Å². The number of halogens is 2. The van der Waals surface area contributed by atoms with Crippen LogP contribution in [0, 0.1) is 0 Å². The monoisotopic (exact) mass is 434 g/mol. The van der Waals surface area contributed by atoms with Gasteiger partial charge in [0.2, 0.25) is 0 Å². The summed E-state index contributed by atoms with van der Waals surface area (Å²) in [5.41, 5.74) is 6.37. The van der Waals surface area contributed by atoms with E-state index in [0.29, 0.717) is 23.1 Å². The lowest BCUT2D eigenvalue weighted by Crippen LogP contribution is -2.33. The average molecular weight is 435 g/mol. The van der Waals surface area contributed by atoms with E-state index in [9.17, 15) is 4.79 Å². The molecule has 5 heteroatoms. The predicted molar refractivity (Wildman–Crippen MR) is 124 cm³/mol. The van der Waals surface area contributed by atoms with Gasteiger partial charge in [-0.05, 0) is 47.9 Å². The van der Waals surface area contributed by atoms with Gasteiger partial charge in [-0.1, -0.05) is 59.6 Å². The number of amides is 1. The van der Waals surface area contributed by atoms with E-state index in [1.54, 1.807) is 6.07 Å². The molecule has 0 saturated carbocycles. The second-order valence-electron chi connectivity index (χ2n) is 7.59. The fourth-order valence-electron chi connectivity index (χ4n) is 4.36. The summed E-state index contributed by atoms with van der Waals surface area (Å²) in [6.07, 6.45) is 1.60. The molecule has 1 amide bonds. The second-order valence-corrected chi connectivity index (χ2v) is 8.44. The summed E-state index contributed by atoms with van der Waals surface area (Å²) in [5, 5.41) is 2.45. The van der Waals surface area contributed by atoms with E-state index in [1.807, 2.05) is 53.4 Å². The molecular formula is C25H20Cl2N2O. The minimum atomic E-state index is 0.0889. The molecule has 1 aliphatic rings. The first-order valence-electron chi connectivity index (χ1n) is 10.0. The van der Waals surface area contributed by atoms with Crippen molar-refractivity contribution in [1.82, 2.24) is 9.88 Å². The molecule has 150 valence electrons. The van der Waals surface area contributed by atoms with Crippen LogP contribution in [-0.2, 0) is 12.8 Å². The van der Waals surface area contributed by atoms with Crippen molar-refractivity contribution in [3.8, 4) is 11.1 Å². The van der Waals surface area contributed by atoms with Crippen LogP contribution in [0.5, 0.6) is 0 Å². The van der Waals surface area contributed by atoms with Crippen LogP contribution in [-0.4, -0.2) is 28.9 Å². The molecule has 0 spiro atoms. The van der Waals surface area contributed by atoms with Gasteiger partial charge in [0.25, 0.3) is 5.91 Å². The molecule has 0 saturated heterocycles. The number of nitrogens with one attached hydrogen (secondary N) is 1. The Kier molecular flexibility index (Phi) is 5.01. The van der Waals surface area contributed by atoms with Crippen molar-refractivity contribution in [2.75, 3.05) is 13.1 Å². The second kappa shape index (κ2) is 7.82. The van der Waals surface area contributed by atoms with E-state index in [0.717, 1.165) is 35.0 Å². The maximum absolute atomic E-state index is 12.9. The number of H-pyrrole nitrogens is 1. The number of fused-ring (bicyclic) bond motifs is 3. The van der Waals surface area contributed by atoms with Crippen LogP contribution in [0.1, 0.15) is 21.6 Å². The van der Waals surface area contributed by atoms with Crippen molar-refractivity contribution in [1.29, 1.82) is 0 Å². The third kappa shape index (κ3) is 3.38. The minimum Gasteiger partial charge on any atom is -0.358 e. The number of aromatic nitrogens is 1. The first-order valence-corrected chi connectivity index (χ1v) is 10.8. The Hall–Kier alpha value is -2.75. The first kappa shape index (κ1) is 19.2. The largest absolute Gasteiger partial charge is 0.358 e. The number of carbonyl (C=O) groups excluding carboxylic acids is 1. The lowest BCUT2D eigenvalue weighted by atomic mass is 9.97. The van der Waals surface area contributed by atoms with Crippen LogP contribution in [0.3, 0.4) is 0 Å². The third-order valence-electron chi connectivity index (χ3n) is 5.81. The molecule has 1 aromatic heterocycles. The summed E-state index contributed by atoms with van der Waals surface area (Å²) in [4.78, 5) is 18.5. The molecule has 0 aliphatic carbocycles. The molecule has 3 nitrogen and oxygen atoms in total. The molecule has 0 fully saturated rings. The first-order chi connectivity index (χ1) is 14.6. The van der Waals surface area contributed by atoms with Gasteiger partial charge in [0, 0.05) is 57.3 Å². The molecule has 0 unspecified atom stereocenters. The summed E-state index contributed by atoms with van der Waals surface area (Å²) in [7, 11) is 0. The van der Waals surface area contributed by atoms with E-state index >= 15 is 0 Å². The van der Waals surface area contributed by atoms with Crippen LogP contribution in [0.2, 0.25) is 10.0 Å². The number of nitrogens with zero attached hydrogens (tertiary/aromatic N) is 1. The van der Waals surface area contributed by atoms with Crippen LogP contribution >= 0.6 is 23.2 Å². The topological polar surface area (TPSA) is 36.1 Å². The Bertz CT molecular complexity index is 1250. The lowest BCUT2D eigenvalue weighted by molar-refractivity contribution is 0.0763. The number of rotatable bonds is 2. The van der Waals surface area contributed by atoms with Gasteiger partial charge in [-0.25, -0.2) is 0 Å². The van der Waals surface area contributed by atoms with Crippen LogP contribution in [0.15, 0.2) is 66.7 Å². The number of hydrogen-bond donors (Lipinski definition) is 1. The lowest BCUT2D eigenvalue weighted by Gasteiger charge is -2.20. The van der Waals surface area contributed by atoms with Crippen molar-refractivity contribution in [2.24, 2.45) is 0 Å². The fraction of sp³-hybridized carbons (Fsp3) is 0.160. The Balaban J connectivity index is 1.53. The van der Waals surface area contributed by atoms with Crippen molar-refractivity contribution in [3.63, 3.8) is 0 Å². The smallest absolute Gasteiger partial charge is 0.253 e. The maximum Gasteiger partial charge on any atom is 0.253 e. The Morgan fingerprint density at radius 1 is 0.867 bits per heavy atom. The molecule has 4 aromatic rings. The predicted octanol–water partition coefficient (Wildman–Crippen LogP) is 6.38. The molecule has 0 atom stereocenters. The normalized spacial score (nSPS) is 13.9. The molecule has 0 radical (unpaired) electrons. The zero-order chi connectivity index (χ0) is 20.7. The molecule has 5 rings (SSSR count). The summed E-state index contributed by atoms with van der Waals surface area (Å²) in [6.45, 7) is 1.39. The van der Waals surface area contributed by atoms with E-state index in [4.69, 9.17) is 23.2 Å². The summed E-state index contributed by atoms with van der Waals surface area (Å²) in [6, 6.07) is 21.4. The van der Waals surface area contributed by atoms with Crippen LogP contribution in [0.25, 0.3) is 22.0 Å². The van der Waals surface area contributed by atoms with Gasteiger partial charge in [-0.2, -0.15) is 0 Å². The fourth-order valence-corrected chi connectivity index (χ4v) is 4.87. The highest BCUT2D eigenvalue weighted by molar-refractivity contribution is 6.36. The Morgan fingerprint density at radius 2 is 1.67 bits per heavy atom. The highest BCUT2D eigenvalue weighted by Crippen LogP contribution is 2.38. The zero-order valence-corrected chi connectivity index (χ0v) is 17.8. The average Bonchev–Trinajstić information content (AvgIpc) is 2.99. The van der Waals surface area contributed by atoms with Gasteiger partial charge in [0.05, 0.1) is 0 Å². The number of hydrogen-bond acceptors (Lipinski definition) is 1. The van der Waals surface area contributed by atoms with Gasteiger partial charge >= 0.3 is 0 Å². The summed E-state index contributed by atoms with van der Waals surface area (Å²) in [5.74, 6) is 0.0889. The van der Waals surface area contributed by atoms with Gasteiger partial charge in [-0.3, -0.25) is 4.79 Å². The maximum atomic E-state index is 12.9. The van der Waals surface area contributed by atoms with Crippen molar-refractivity contribution < 1.29 is 4.79 Å². The van der Waals surface area contributed by atoms with Crippen molar-refractivity contribution in [3.05, 3.63) is 93.6 Å². The molecular weight excluding hydrogens is 415 g/mol. The molecule has 30 heavy (non-hydrogen) atoms. The molecule has 2 heterocycles. The number of benzene rings is 3. The van der Waals surface area contributed by atoms with Crippen LogP contribution < -0.4 is 0 Å². The van der Waals surface area contributed by atoms with Gasteiger partial charge in [-0.15, -0.1) is 0 Å². The Morgan fingerprint density at radius 3 is 2.47 bits per heavy atom. The van der Waals surface area contributed by atoms with Gasteiger partial charge in [0.15, 0.2) is 0 Å². The molecule has 3 aromatic carbocycles.